The first-order chi connectivity index (χ1) is 9.31. The van der Waals surface area contributed by atoms with Gasteiger partial charge in [0.05, 0.1) is 29.4 Å². The molecule has 0 unspecified atom stereocenters. The molecule has 5 nitrogen and oxygen atoms in total. The lowest BCUT2D eigenvalue weighted by Crippen LogP contribution is -2.47. The molecule has 0 saturated carbocycles. The van der Waals surface area contributed by atoms with E-state index in [1.165, 1.54) is 0 Å². The number of rotatable bonds is 3. The molecule has 2 N–H and O–H groups in total. The van der Waals surface area contributed by atoms with Gasteiger partial charge in [-0.2, -0.15) is 0 Å². The number of benzene rings is 1. The predicted octanol–water partition coefficient (Wildman–Crippen LogP) is 1.58. The molecule has 1 saturated heterocycles. The molecule has 100 valence electrons. The number of nitrogens with one attached hydrogen (secondary N) is 1. The Labute approximate surface area is 111 Å². The largest absolute Gasteiger partial charge is 0.394 e. The van der Waals surface area contributed by atoms with Crippen molar-refractivity contribution in [1.82, 2.24) is 9.97 Å². The maximum absolute atomic E-state index is 9.65. The fourth-order valence-corrected chi connectivity index (χ4v) is 2.37. The van der Waals surface area contributed by atoms with Gasteiger partial charge >= 0.3 is 0 Å². The Morgan fingerprint density at radius 3 is 2.68 bits per heavy atom. The summed E-state index contributed by atoms with van der Waals surface area (Å²) < 4.78 is 5.35. The van der Waals surface area contributed by atoms with Crippen molar-refractivity contribution in [3.63, 3.8) is 0 Å². The van der Waals surface area contributed by atoms with Crippen molar-refractivity contribution in [2.24, 2.45) is 0 Å². The molecule has 0 bridgehead atoms. The maximum atomic E-state index is 9.65. The molecule has 1 fully saturated rings. The summed E-state index contributed by atoms with van der Waals surface area (Å²) in [7, 11) is 0. The Hall–Kier alpha value is -1.72. The van der Waals surface area contributed by atoms with Crippen LogP contribution < -0.4 is 5.32 Å². The molecule has 0 amide bonds. The molecule has 3 rings (SSSR count). The predicted molar refractivity (Wildman–Crippen MR) is 73.0 cm³/mol. The minimum atomic E-state index is -0.338. The first-order valence-corrected chi connectivity index (χ1v) is 6.50. The van der Waals surface area contributed by atoms with Gasteiger partial charge < -0.3 is 15.2 Å². The molecular weight excluding hydrogens is 242 g/mol. The van der Waals surface area contributed by atoms with E-state index in [-0.39, 0.29) is 12.1 Å². The molecule has 1 aliphatic heterocycles. The van der Waals surface area contributed by atoms with Crippen LogP contribution in [0.3, 0.4) is 0 Å². The number of aliphatic hydroxyl groups is 1. The SMILES string of the molecule is OCC1(Nc2cnc3ccccc3n2)CCOCC1. The minimum Gasteiger partial charge on any atom is -0.394 e. The lowest BCUT2D eigenvalue weighted by molar-refractivity contribution is 0.0378. The molecule has 1 aromatic heterocycles. The summed E-state index contributed by atoms with van der Waals surface area (Å²) in [5.41, 5.74) is 1.39. The van der Waals surface area contributed by atoms with Gasteiger partial charge in [-0.15, -0.1) is 0 Å². The number of para-hydroxylation sites is 2. The Balaban J connectivity index is 1.87. The van der Waals surface area contributed by atoms with E-state index in [0.29, 0.717) is 19.0 Å². The van der Waals surface area contributed by atoms with Crippen molar-refractivity contribution < 1.29 is 9.84 Å². The van der Waals surface area contributed by atoms with Crippen LogP contribution in [-0.4, -0.2) is 40.4 Å². The van der Waals surface area contributed by atoms with Crippen LogP contribution in [0.2, 0.25) is 0 Å². The molecular formula is C14H17N3O2. The summed E-state index contributed by atoms with van der Waals surface area (Å²) in [5, 5.41) is 13.0. The molecule has 0 spiro atoms. The van der Waals surface area contributed by atoms with Crippen LogP contribution in [0.15, 0.2) is 30.5 Å². The standard InChI is InChI=1S/C14H17N3O2/c18-10-14(5-7-19-8-6-14)17-13-9-15-11-3-1-2-4-12(11)16-13/h1-4,9,18H,5-8,10H2,(H,16,17). The summed E-state index contributed by atoms with van der Waals surface area (Å²) in [6.45, 7) is 1.40. The lowest BCUT2D eigenvalue weighted by Gasteiger charge is -2.36. The first-order valence-electron chi connectivity index (χ1n) is 6.50. The van der Waals surface area contributed by atoms with Gasteiger partial charge in [0.25, 0.3) is 0 Å². The number of hydrogen-bond acceptors (Lipinski definition) is 5. The van der Waals surface area contributed by atoms with Gasteiger partial charge in [-0.05, 0) is 25.0 Å². The van der Waals surface area contributed by atoms with Gasteiger partial charge in [0.2, 0.25) is 0 Å². The van der Waals surface area contributed by atoms with Crippen LogP contribution in [0.1, 0.15) is 12.8 Å². The van der Waals surface area contributed by atoms with Crippen LogP contribution in [-0.2, 0) is 4.74 Å². The molecule has 2 heterocycles. The summed E-state index contributed by atoms with van der Waals surface area (Å²) in [5.74, 6) is 0.703. The number of nitrogens with zero attached hydrogens (tertiary/aromatic N) is 2. The van der Waals surface area contributed by atoms with Crippen LogP contribution in [0, 0.1) is 0 Å². The van der Waals surface area contributed by atoms with Gasteiger partial charge in [-0.3, -0.25) is 4.98 Å². The molecule has 1 aromatic carbocycles. The number of anilines is 1. The van der Waals surface area contributed by atoms with E-state index in [0.717, 1.165) is 23.9 Å². The number of aliphatic hydroxyl groups excluding tert-OH is 1. The van der Waals surface area contributed by atoms with E-state index < -0.39 is 0 Å². The average Bonchev–Trinajstić information content (AvgIpc) is 2.48. The van der Waals surface area contributed by atoms with Crippen molar-refractivity contribution in [2.75, 3.05) is 25.1 Å². The third kappa shape index (κ3) is 2.52. The fraction of sp³-hybridized carbons (Fsp3) is 0.429. The van der Waals surface area contributed by atoms with Crippen molar-refractivity contribution in [3.8, 4) is 0 Å². The number of aromatic nitrogens is 2. The zero-order valence-electron chi connectivity index (χ0n) is 10.7. The zero-order valence-corrected chi connectivity index (χ0v) is 10.7. The average molecular weight is 259 g/mol. The number of ether oxygens (including phenoxy) is 1. The summed E-state index contributed by atoms with van der Waals surface area (Å²) in [4.78, 5) is 8.91. The Bertz CT molecular complexity index is 567. The molecule has 19 heavy (non-hydrogen) atoms. The van der Waals surface area contributed by atoms with Gasteiger partial charge in [0.1, 0.15) is 5.82 Å². The molecule has 0 aliphatic carbocycles. The topological polar surface area (TPSA) is 67.3 Å². The van der Waals surface area contributed by atoms with Gasteiger partial charge in [-0.25, -0.2) is 4.98 Å². The normalized spacial score (nSPS) is 18.4. The monoisotopic (exact) mass is 259 g/mol. The van der Waals surface area contributed by atoms with E-state index in [2.05, 4.69) is 15.3 Å². The highest BCUT2D eigenvalue weighted by atomic mass is 16.5. The van der Waals surface area contributed by atoms with Crippen molar-refractivity contribution >= 4 is 16.9 Å². The van der Waals surface area contributed by atoms with E-state index >= 15 is 0 Å². The quantitative estimate of drug-likeness (QED) is 0.876. The maximum Gasteiger partial charge on any atom is 0.145 e. The highest BCUT2D eigenvalue weighted by Gasteiger charge is 2.32. The Kier molecular flexibility index (Phi) is 3.31. The fourth-order valence-electron chi connectivity index (χ4n) is 2.37. The second-order valence-corrected chi connectivity index (χ2v) is 4.92. The third-order valence-corrected chi connectivity index (χ3v) is 3.59. The molecule has 5 heteroatoms. The molecule has 0 atom stereocenters. The van der Waals surface area contributed by atoms with Gasteiger partial charge in [0, 0.05) is 13.2 Å². The van der Waals surface area contributed by atoms with E-state index in [1.54, 1.807) is 6.20 Å². The Morgan fingerprint density at radius 2 is 1.95 bits per heavy atom. The second kappa shape index (κ2) is 5.11. The first kappa shape index (κ1) is 12.3. The zero-order chi connectivity index (χ0) is 13.1. The van der Waals surface area contributed by atoms with Gasteiger partial charge in [-0.1, -0.05) is 12.1 Å². The third-order valence-electron chi connectivity index (χ3n) is 3.59. The van der Waals surface area contributed by atoms with Crippen LogP contribution in [0.4, 0.5) is 5.82 Å². The van der Waals surface area contributed by atoms with Crippen molar-refractivity contribution in [2.45, 2.75) is 18.4 Å². The van der Waals surface area contributed by atoms with E-state index in [9.17, 15) is 5.11 Å². The summed E-state index contributed by atoms with van der Waals surface area (Å²) >= 11 is 0. The number of hydrogen-bond donors (Lipinski definition) is 2. The Morgan fingerprint density at radius 1 is 1.21 bits per heavy atom. The number of fused-ring (bicyclic) bond motifs is 1. The summed E-state index contributed by atoms with van der Waals surface area (Å²) in [6, 6.07) is 7.75. The van der Waals surface area contributed by atoms with E-state index in [1.807, 2.05) is 24.3 Å². The molecule has 0 radical (unpaired) electrons. The minimum absolute atomic E-state index is 0.0743. The van der Waals surface area contributed by atoms with E-state index in [4.69, 9.17) is 4.74 Å². The van der Waals surface area contributed by atoms with Crippen LogP contribution >= 0.6 is 0 Å². The van der Waals surface area contributed by atoms with Crippen molar-refractivity contribution in [1.29, 1.82) is 0 Å². The lowest BCUT2D eigenvalue weighted by atomic mass is 9.91. The smallest absolute Gasteiger partial charge is 0.145 e. The van der Waals surface area contributed by atoms with Crippen LogP contribution in [0.25, 0.3) is 11.0 Å². The molecule has 2 aromatic rings. The highest BCUT2D eigenvalue weighted by molar-refractivity contribution is 5.75. The summed E-state index contributed by atoms with van der Waals surface area (Å²) in [6.07, 6.45) is 3.27. The molecule has 1 aliphatic rings. The second-order valence-electron chi connectivity index (χ2n) is 4.92. The highest BCUT2D eigenvalue weighted by Crippen LogP contribution is 2.25. The van der Waals surface area contributed by atoms with Gasteiger partial charge in [0.15, 0.2) is 0 Å². The van der Waals surface area contributed by atoms with Crippen LogP contribution in [0.5, 0.6) is 0 Å². The van der Waals surface area contributed by atoms with Crippen molar-refractivity contribution in [3.05, 3.63) is 30.5 Å².